The fourth-order valence-electron chi connectivity index (χ4n) is 3.08. The molecule has 6 atom stereocenters. The van der Waals surface area contributed by atoms with Crippen LogP contribution in [0.2, 0.25) is 0 Å². The Labute approximate surface area is 75.5 Å². The van der Waals surface area contributed by atoms with E-state index in [1.54, 1.807) is 0 Å². The predicted octanol–water partition coefficient (Wildman–Crippen LogP) is -0.710. The van der Waals surface area contributed by atoms with Crippen LogP contribution in [-0.2, 0) is 9.53 Å². The van der Waals surface area contributed by atoms with Gasteiger partial charge in [0.1, 0.15) is 6.10 Å². The molecule has 2 N–H and O–H groups in total. The molecular weight excluding hydrogens is 172 g/mol. The van der Waals surface area contributed by atoms with Crippen LogP contribution in [0.5, 0.6) is 0 Å². The first-order chi connectivity index (χ1) is 6.18. The van der Waals surface area contributed by atoms with Crippen molar-refractivity contribution in [3.63, 3.8) is 0 Å². The number of ether oxygens (including phenoxy) is 1. The van der Waals surface area contributed by atoms with Gasteiger partial charge in [-0.1, -0.05) is 0 Å². The largest absolute Gasteiger partial charge is 0.461 e. The lowest BCUT2D eigenvalue weighted by Gasteiger charge is -2.42. The Morgan fingerprint density at radius 2 is 2.00 bits per heavy atom. The maximum atomic E-state index is 11.1. The Balaban J connectivity index is 1.91. The van der Waals surface area contributed by atoms with Gasteiger partial charge in [0.25, 0.3) is 0 Å². The Bertz CT molecular complexity index is 262. The molecule has 4 heteroatoms. The predicted molar refractivity (Wildman–Crippen MR) is 41.6 cm³/mol. The molecule has 1 saturated heterocycles. The molecule has 13 heavy (non-hydrogen) atoms. The first-order valence-corrected chi connectivity index (χ1v) is 4.75. The number of hydrogen-bond donors (Lipinski definition) is 2. The van der Waals surface area contributed by atoms with E-state index in [0.717, 1.165) is 12.8 Å². The first kappa shape index (κ1) is 7.76. The SMILES string of the molecule is O=C1OC2CC3CC(C(O)C3O)C12. The summed E-state index contributed by atoms with van der Waals surface area (Å²) >= 11 is 0. The van der Waals surface area contributed by atoms with Crippen molar-refractivity contribution in [2.24, 2.45) is 17.8 Å². The number of carbonyl (C=O) groups excluding carboxylic acids is 1. The summed E-state index contributed by atoms with van der Waals surface area (Å²) in [7, 11) is 0. The van der Waals surface area contributed by atoms with Crippen LogP contribution in [0.15, 0.2) is 0 Å². The van der Waals surface area contributed by atoms with Crippen molar-refractivity contribution < 1.29 is 19.7 Å². The van der Waals surface area contributed by atoms with E-state index in [2.05, 4.69) is 0 Å². The quantitative estimate of drug-likeness (QED) is 0.488. The zero-order valence-corrected chi connectivity index (χ0v) is 7.09. The van der Waals surface area contributed by atoms with Crippen LogP contribution in [0.4, 0.5) is 0 Å². The highest BCUT2D eigenvalue weighted by molar-refractivity contribution is 5.79. The molecule has 0 radical (unpaired) electrons. The van der Waals surface area contributed by atoms with Gasteiger partial charge >= 0.3 is 5.97 Å². The lowest BCUT2D eigenvalue weighted by Crippen LogP contribution is -2.52. The lowest BCUT2D eigenvalue weighted by atomic mass is 9.74. The van der Waals surface area contributed by atoms with E-state index in [9.17, 15) is 15.0 Å². The Morgan fingerprint density at radius 3 is 2.69 bits per heavy atom. The minimum absolute atomic E-state index is 0.0250. The van der Waals surface area contributed by atoms with Gasteiger partial charge in [0.05, 0.1) is 18.1 Å². The number of fused-ring (bicyclic) bond motifs is 4. The first-order valence-electron chi connectivity index (χ1n) is 4.75. The topological polar surface area (TPSA) is 66.8 Å². The van der Waals surface area contributed by atoms with Crippen molar-refractivity contribution in [1.82, 2.24) is 0 Å². The van der Waals surface area contributed by atoms with Gasteiger partial charge in [-0.3, -0.25) is 4.79 Å². The van der Waals surface area contributed by atoms with Crippen LogP contribution in [-0.4, -0.2) is 34.5 Å². The summed E-state index contributed by atoms with van der Waals surface area (Å²) in [5.74, 6) is -0.251. The van der Waals surface area contributed by atoms with Gasteiger partial charge < -0.3 is 14.9 Å². The van der Waals surface area contributed by atoms with E-state index in [0.29, 0.717) is 0 Å². The summed E-state index contributed by atoms with van der Waals surface area (Å²) in [6, 6.07) is 0. The van der Waals surface area contributed by atoms with Crippen LogP contribution in [0.3, 0.4) is 0 Å². The molecule has 0 amide bonds. The fraction of sp³-hybridized carbons (Fsp3) is 0.889. The van der Waals surface area contributed by atoms with E-state index in [1.165, 1.54) is 0 Å². The van der Waals surface area contributed by atoms with E-state index in [1.807, 2.05) is 0 Å². The molecule has 0 spiro atoms. The summed E-state index contributed by atoms with van der Waals surface area (Å²) in [6.07, 6.45) is 0.117. The number of aliphatic hydroxyl groups is 2. The van der Waals surface area contributed by atoms with Crippen molar-refractivity contribution in [2.45, 2.75) is 31.2 Å². The average Bonchev–Trinajstić information content (AvgIpc) is 2.31. The molecule has 2 bridgehead atoms. The molecular formula is C9H12O4. The highest BCUT2D eigenvalue weighted by Crippen LogP contribution is 2.50. The molecule has 0 aromatic heterocycles. The molecule has 1 aliphatic heterocycles. The van der Waals surface area contributed by atoms with Crippen molar-refractivity contribution in [3.05, 3.63) is 0 Å². The van der Waals surface area contributed by atoms with Crippen molar-refractivity contribution in [3.8, 4) is 0 Å². The summed E-state index contributed by atoms with van der Waals surface area (Å²) in [4.78, 5) is 11.1. The zero-order chi connectivity index (χ0) is 9.16. The highest BCUT2D eigenvalue weighted by atomic mass is 16.6. The third-order valence-corrected chi connectivity index (χ3v) is 3.78. The van der Waals surface area contributed by atoms with Crippen LogP contribution in [0, 0.1) is 17.8 Å². The number of rotatable bonds is 0. The van der Waals surface area contributed by atoms with E-state index in [4.69, 9.17) is 4.74 Å². The second-order valence-corrected chi connectivity index (χ2v) is 4.38. The summed E-state index contributed by atoms with van der Waals surface area (Å²) < 4.78 is 4.96. The minimum Gasteiger partial charge on any atom is -0.461 e. The molecule has 3 aliphatic rings. The molecule has 2 saturated carbocycles. The van der Waals surface area contributed by atoms with E-state index >= 15 is 0 Å². The smallest absolute Gasteiger partial charge is 0.313 e. The van der Waals surface area contributed by atoms with Gasteiger partial charge in [0.2, 0.25) is 0 Å². The maximum absolute atomic E-state index is 11.1. The van der Waals surface area contributed by atoms with Gasteiger partial charge in [0.15, 0.2) is 0 Å². The van der Waals surface area contributed by atoms with Crippen molar-refractivity contribution >= 4 is 5.97 Å². The average molecular weight is 184 g/mol. The highest BCUT2D eigenvalue weighted by Gasteiger charge is 2.60. The molecule has 3 fully saturated rings. The third kappa shape index (κ3) is 0.802. The monoisotopic (exact) mass is 184 g/mol. The van der Waals surface area contributed by atoms with Gasteiger partial charge in [-0.05, 0) is 18.8 Å². The second-order valence-electron chi connectivity index (χ2n) is 4.38. The number of aliphatic hydroxyl groups excluding tert-OH is 2. The maximum Gasteiger partial charge on any atom is 0.313 e. The molecule has 4 nitrogen and oxygen atoms in total. The molecule has 2 aliphatic carbocycles. The van der Waals surface area contributed by atoms with E-state index < -0.39 is 12.2 Å². The Morgan fingerprint density at radius 1 is 1.23 bits per heavy atom. The normalized spacial score (nSPS) is 58.2. The molecule has 1 heterocycles. The second kappa shape index (κ2) is 2.25. The van der Waals surface area contributed by atoms with Gasteiger partial charge in [0, 0.05) is 5.92 Å². The van der Waals surface area contributed by atoms with Crippen LogP contribution in [0.25, 0.3) is 0 Å². The molecule has 6 unspecified atom stereocenters. The zero-order valence-electron chi connectivity index (χ0n) is 7.09. The minimum atomic E-state index is -0.715. The summed E-state index contributed by atoms with van der Waals surface area (Å²) in [5.41, 5.74) is 0. The van der Waals surface area contributed by atoms with Gasteiger partial charge in [-0.15, -0.1) is 0 Å². The van der Waals surface area contributed by atoms with Crippen molar-refractivity contribution in [1.29, 1.82) is 0 Å². The lowest BCUT2D eigenvalue weighted by molar-refractivity contribution is -0.198. The summed E-state index contributed by atoms with van der Waals surface area (Å²) in [6.45, 7) is 0. The fourth-order valence-corrected chi connectivity index (χ4v) is 3.08. The summed E-state index contributed by atoms with van der Waals surface area (Å²) in [5, 5.41) is 19.3. The van der Waals surface area contributed by atoms with Crippen LogP contribution in [0.1, 0.15) is 12.8 Å². The molecule has 0 aromatic carbocycles. The van der Waals surface area contributed by atoms with Gasteiger partial charge in [-0.2, -0.15) is 0 Å². The Kier molecular flexibility index (Phi) is 1.34. The molecule has 0 aromatic rings. The number of hydrogen-bond acceptors (Lipinski definition) is 4. The Hall–Kier alpha value is -0.610. The van der Waals surface area contributed by atoms with Crippen molar-refractivity contribution in [2.75, 3.05) is 0 Å². The standard InChI is InChI=1S/C9H12O4/c10-7-3-1-4(8(7)11)6-5(2-3)13-9(6)12/h3-8,10-11H,1-2H2. The number of carbonyl (C=O) groups is 1. The molecule has 3 rings (SSSR count). The number of esters is 1. The molecule has 72 valence electrons. The van der Waals surface area contributed by atoms with Gasteiger partial charge in [-0.25, -0.2) is 0 Å². The van der Waals surface area contributed by atoms with Crippen LogP contribution >= 0.6 is 0 Å². The van der Waals surface area contributed by atoms with E-state index in [-0.39, 0.29) is 29.8 Å². The third-order valence-electron chi connectivity index (χ3n) is 3.78. The van der Waals surface area contributed by atoms with Crippen LogP contribution < -0.4 is 0 Å².